The Hall–Kier alpha value is -1.55. The summed E-state index contributed by atoms with van der Waals surface area (Å²) in [6.07, 6.45) is 2.59. The number of carbonyl (C=O) groups is 1. The molecule has 2 aliphatic heterocycles. The van der Waals surface area contributed by atoms with Crippen LogP contribution in [0.3, 0.4) is 0 Å². The van der Waals surface area contributed by atoms with Crippen molar-refractivity contribution in [3.8, 4) is 0 Å². The number of nitrogens with zero attached hydrogens (tertiary/aromatic N) is 2. The van der Waals surface area contributed by atoms with E-state index in [0.717, 1.165) is 18.7 Å². The van der Waals surface area contributed by atoms with Crippen LogP contribution in [0.1, 0.15) is 35.7 Å². The third-order valence-electron chi connectivity index (χ3n) is 4.69. The smallest absolute Gasteiger partial charge is 0.335 e. The molecule has 4 nitrogen and oxygen atoms in total. The molecule has 0 aromatic heterocycles. The Morgan fingerprint density at radius 1 is 1.35 bits per heavy atom. The van der Waals surface area contributed by atoms with Gasteiger partial charge in [0.2, 0.25) is 0 Å². The molecule has 2 atom stereocenters. The Kier molecular flexibility index (Phi) is 3.42. The van der Waals surface area contributed by atoms with Gasteiger partial charge in [0.05, 0.1) is 5.56 Å². The van der Waals surface area contributed by atoms with Gasteiger partial charge in [-0.3, -0.25) is 4.90 Å². The largest absolute Gasteiger partial charge is 0.478 e. The van der Waals surface area contributed by atoms with Crippen molar-refractivity contribution in [2.24, 2.45) is 0 Å². The molecule has 0 aliphatic carbocycles. The van der Waals surface area contributed by atoms with Gasteiger partial charge >= 0.3 is 5.97 Å². The molecular weight excluding hydrogens is 252 g/mol. The highest BCUT2D eigenvalue weighted by molar-refractivity contribution is 5.88. The van der Waals surface area contributed by atoms with Crippen molar-refractivity contribution in [3.05, 3.63) is 29.3 Å². The lowest BCUT2D eigenvalue weighted by molar-refractivity contribution is 0.0697. The first-order valence-corrected chi connectivity index (χ1v) is 7.41. The van der Waals surface area contributed by atoms with Crippen LogP contribution in [0.15, 0.2) is 18.2 Å². The standard InChI is InChI=1S/C16H22N2O2/c1-11-8-13(16(19)20)5-6-15(11)18-10-14-4-3-7-17(14)9-12(18)2/h5-6,8,12,14H,3-4,7,9-10H2,1-2H3,(H,19,20). The summed E-state index contributed by atoms with van der Waals surface area (Å²) in [4.78, 5) is 16.1. The zero-order valence-electron chi connectivity index (χ0n) is 12.2. The van der Waals surface area contributed by atoms with Gasteiger partial charge in [-0.05, 0) is 57.0 Å². The van der Waals surface area contributed by atoms with Crippen molar-refractivity contribution in [1.82, 2.24) is 4.90 Å². The normalized spacial score (nSPS) is 26.6. The first-order chi connectivity index (χ1) is 9.56. The highest BCUT2D eigenvalue weighted by atomic mass is 16.4. The third kappa shape index (κ3) is 2.29. The summed E-state index contributed by atoms with van der Waals surface area (Å²) in [7, 11) is 0. The quantitative estimate of drug-likeness (QED) is 0.899. The number of anilines is 1. The Bertz CT molecular complexity index is 529. The van der Waals surface area contributed by atoms with Crippen molar-refractivity contribution in [1.29, 1.82) is 0 Å². The van der Waals surface area contributed by atoms with Gasteiger partial charge in [0.1, 0.15) is 0 Å². The summed E-state index contributed by atoms with van der Waals surface area (Å²) in [5, 5.41) is 9.07. The molecule has 108 valence electrons. The number of aromatic carboxylic acids is 1. The van der Waals surface area contributed by atoms with Gasteiger partial charge in [-0.2, -0.15) is 0 Å². The molecule has 0 bridgehead atoms. The number of piperazine rings is 1. The highest BCUT2D eigenvalue weighted by Crippen LogP contribution is 2.30. The Morgan fingerprint density at radius 3 is 2.85 bits per heavy atom. The average molecular weight is 274 g/mol. The van der Waals surface area contributed by atoms with Crippen LogP contribution in [0.5, 0.6) is 0 Å². The second-order valence-electron chi connectivity index (χ2n) is 6.10. The fourth-order valence-electron chi connectivity index (χ4n) is 3.63. The van der Waals surface area contributed by atoms with Crippen LogP contribution < -0.4 is 4.90 Å². The maximum Gasteiger partial charge on any atom is 0.335 e. The molecule has 2 heterocycles. The lowest BCUT2D eigenvalue weighted by atomic mass is 10.0. The molecule has 1 aromatic carbocycles. The number of fused-ring (bicyclic) bond motifs is 1. The van der Waals surface area contributed by atoms with Crippen molar-refractivity contribution < 1.29 is 9.90 Å². The van der Waals surface area contributed by atoms with Crippen LogP contribution in [0.2, 0.25) is 0 Å². The van der Waals surface area contributed by atoms with E-state index in [1.54, 1.807) is 12.1 Å². The van der Waals surface area contributed by atoms with Crippen LogP contribution in [-0.4, -0.2) is 47.7 Å². The lowest BCUT2D eigenvalue weighted by Gasteiger charge is -2.44. The molecule has 2 saturated heterocycles. The van der Waals surface area contributed by atoms with Gasteiger partial charge in [-0.25, -0.2) is 4.79 Å². The number of hydrogen-bond acceptors (Lipinski definition) is 3. The van der Waals surface area contributed by atoms with Gasteiger partial charge < -0.3 is 10.0 Å². The maximum absolute atomic E-state index is 11.0. The Labute approximate surface area is 120 Å². The summed E-state index contributed by atoms with van der Waals surface area (Å²) in [5.41, 5.74) is 2.62. The Morgan fingerprint density at radius 2 is 2.15 bits per heavy atom. The molecule has 2 unspecified atom stereocenters. The van der Waals surface area contributed by atoms with E-state index >= 15 is 0 Å². The topological polar surface area (TPSA) is 43.8 Å². The first-order valence-electron chi connectivity index (χ1n) is 7.41. The molecule has 4 heteroatoms. The van der Waals surface area contributed by atoms with Gasteiger partial charge in [-0.15, -0.1) is 0 Å². The number of carboxylic acids is 1. The second kappa shape index (κ2) is 5.09. The number of hydrogen-bond donors (Lipinski definition) is 1. The van der Waals surface area contributed by atoms with Gasteiger partial charge in [0.25, 0.3) is 0 Å². The summed E-state index contributed by atoms with van der Waals surface area (Å²) in [6.45, 7) is 7.69. The van der Waals surface area contributed by atoms with E-state index in [4.69, 9.17) is 5.11 Å². The zero-order valence-corrected chi connectivity index (χ0v) is 12.2. The van der Waals surface area contributed by atoms with Crippen LogP contribution in [0.25, 0.3) is 0 Å². The highest BCUT2D eigenvalue weighted by Gasteiger charge is 2.34. The molecule has 3 rings (SSSR count). The van der Waals surface area contributed by atoms with E-state index in [-0.39, 0.29) is 0 Å². The van der Waals surface area contributed by atoms with E-state index < -0.39 is 5.97 Å². The van der Waals surface area contributed by atoms with E-state index in [0.29, 0.717) is 17.6 Å². The van der Waals surface area contributed by atoms with Crippen LogP contribution >= 0.6 is 0 Å². The fraction of sp³-hybridized carbons (Fsp3) is 0.562. The minimum absolute atomic E-state index is 0.374. The molecule has 1 aromatic rings. The van der Waals surface area contributed by atoms with Crippen molar-refractivity contribution in [3.63, 3.8) is 0 Å². The molecule has 2 fully saturated rings. The maximum atomic E-state index is 11.0. The molecule has 0 saturated carbocycles. The third-order valence-corrected chi connectivity index (χ3v) is 4.69. The van der Waals surface area contributed by atoms with Crippen LogP contribution in [0, 0.1) is 6.92 Å². The molecular formula is C16H22N2O2. The van der Waals surface area contributed by atoms with E-state index in [2.05, 4.69) is 16.7 Å². The fourth-order valence-corrected chi connectivity index (χ4v) is 3.63. The summed E-state index contributed by atoms with van der Waals surface area (Å²) in [6, 6.07) is 6.63. The monoisotopic (exact) mass is 274 g/mol. The minimum Gasteiger partial charge on any atom is -0.478 e. The van der Waals surface area contributed by atoms with Gasteiger partial charge in [0.15, 0.2) is 0 Å². The molecule has 20 heavy (non-hydrogen) atoms. The summed E-state index contributed by atoms with van der Waals surface area (Å²) >= 11 is 0. The van der Waals surface area contributed by atoms with Crippen molar-refractivity contribution in [2.75, 3.05) is 24.5 Å². The average Bonchev–Trinajstić information content (AvgIpc) is 2.84. The second-order valence-corrected chi connectivity index (χ2v) is 6.10. The van der Waals surface area contributed by atoms with Crippen molar-refractivity contribution in [2.45, 2.75) is 38.8 Å². The summed E-state index contributed by atoms with van der Waals surface area (Å²) < 4.78 is 0. The number of benzene rings is 1. The SMILES string of the molecule is Cc1cc(C(=O)O)ccc1N1CC2CCCN2CC1C. The first kappa shape index (κ1) is 13.4. The van der Waals surface area contributed by atoms with Gasteiger partial charge in [0, 0.05) is 30.9 Å². The molecule has 1 N–H and O–H groups in total. The Balaban J connectivity index is 1.86. The molecule has 0 spiro atoms. The summed E-state index contributed by atoms with van der Waals surface area (Å²) in [5.74, 6) is -0.853. The van der Waals surface area contributed by atoms with E-state index in [1.807, 2.05) is 13.0 Å². The van der Waals surface area contributed by atoms with Crippen molar-refractivity contribution >= 4 is 11.7 Å². The molecule has 0 amide bonds. The van der Waals surface area contributed by atoms with Gasteiger partial charge in [-0.1, -0.05) is 0 Å². The predicted molar refractivity (Wildman–Crippen MR) is 79.5 cm³/mol. The van der Waals surface area contributed by atoms with E-state index in [1.165, 1.54) is 25.1 Å². The molecule has 0 radical (unpaired) electrons. The lowest BCUT2D eigenvalue weighted by Crippen LogP contribution is -2.55. The number of rotatable bonds is 2. The van der Waals surface area contributed by atoms with Crippen LogP contribution in [0.4, 0.5) is 5.69 Å². The zero-order chi connectivity index (χ0) is 14.3. The van der Waals surface area contributed by atoms with E-state index in [9.17, 15) is 4.79 Å². The molecule has 2 aliphatic rings. The predicted octanol–water partition coefficient (Wildman–Crippen LogP) is 2.37. The number of aryl methyl sites for hydroxylation is 1. The van der Waals surface area contributed by atoms with Crippen LogP contribution in [-0.2, 0) is 0 Å². The number of carboxylic acid groups (broad SMARTS) is 1. The minimum atomic E-state index is -0.853.